The number of fused-ring (bicyclic) bond motifs is 1. The molecule has 0 fully saturated rings. The van der Waals surface area contributed by atoms with Crippen molar-refractivity contribution in [3.05, 3.63) is 54.1 Å². The highest BCUT2D eigenvalue weighted by Crippen LogP contribution is 2.34. The first-order valence-electron chi connectivity index (χ1n) is 7.70. The van der Waals surface area contributed by atoms with Crippen molar-refractivity contribution in [1.82, 2.24) is 0 Å². The van der Waals surface area contributed by atoms with Gasteiger partial charge in [0, 0.05) is 0 Å². The molecular formula is C17H17N3O5S. The molecule has 0 aromatic heterocycles. The van der Waals surface area contributed by atoms with E-state index in [9.17, 15) is 18.0 Å². The van der Waals surface area contributed by atoms with Crippen LogP contribution in [0.25, 0.3) is 0 Å². The maximum atomic E-state index is 12.6. The van der Waals surface area contributed by atoms with Gasteiger partial charge >= 0.3 is 0 Å². The first kappa shape index (κ1) is 17.7. The summed E-state index contributed by atoms with van der Waals surface area (Å²) in [7, 11) is -3.60. The molecule has 136 valence electrons. The van der Waals surface area contributed by atoms with E-state index in [4.69, 9.17) is 10.5 Å². The molecular weight excluding hydrogens is 358 g/mol. The topological polar surface area (TPSA) is 119 Å². The maximum absolute atomic E-state index is 12.6. The lowest BCUT2D eigenvalue weighted by Gasteiger charge is -2.33. The van der Waals surface area contributed by atoms with Gasteiger partial charge in [-0.05, 0) is 24.3 Å². The Bertz CT molecular complexity index is 974. The summed E-state index contributed by atoms with van der Waals surface area (Å²) >= 11 is 0. The zero-order valence-corrected chi connectivity index (χ0v) is 14.7. The summed E-state index contributed by atoms with van der Waals surface area (Å²) in [6.45, 7) is -0.180. The zero-order chi connectivity index (χ0) is 18.9. The van der Waals surface area contributed by atoms with Crippen molar-refractivity contribution in [3.63, 3.8) is 0 Å². The SMILES string of the molecule is CS(=O)(=O)N1C[C@H](C(=O)Nc2ccccc2C(N)=O)Oc2ccccc21. The quantitative estimate of drug-likeness (QED) is 0.825. The molecule has 9 heteroatoms. The molecule has 1 atom stereocenters. The number of carbonyl (C=O) groups is 2. The van der Waals surface area contributed by atoms with Gasteiger partial charge in [-0.3, -0.25) is 13.9 Å². The molecule has 8 nitrogen and oxygen atoms in total. The van der Waals surface area contributed by atoms with Crippen LogP contribution in [0.1, 0.15) is 10.4 Å². The average Bonchev–Trinajstić information content (AvgIpc) is 2.60. The first-order valence-corrected chi connectivity index (χ1v) is 9.55. The Hall–Kier alpha value is -3.07. The van der Waals surface area contributed by atoms with Gasteiger partial charge < -0.3 is 15.8 Å². The van der Waals surface area contributed by atoms with E-state index in [1.54, 1.807) is 36.4 Å². The minimum Gasteiger partial charge on any atom is -0.476 e. The molecule has 1 aliphatic heterocycles. The van der Waals surface area contributed by atoms with Gasteiger partial charge in [-0.25, -0.2) is 8.42 Å². The maximum Gasteiger partial charge on any atom is 0.267 e. The van der Waals surface area contributed by atoms with Crippen LogP contribution in [0.2, 0.25) is 0 Å². The summed E-state index contributed by atoms with van der Waals surface area (Å²) in [5.41, 5.74) is 6.06. The lowest BCUT2D eigenvalue weighted by Crippen LogP contribution is -2.48. The number of nitrogens with one attached hydrogen (secondary N) is 1. The molecule has 26 heavy (non-hydrogen) atoms. The second-order valence-electron chi connectivity index (χ2n) is 5.77. The average molecular weight is 375 g/mol. The number of rotatable bonds is 4. The molecule has 1 aliphatic rings. The summed E-state index contributed by atoms with van der Waals surface area (Å²) in [5.74, 6) is -0.983. The van der Waals surface area contributed by atoms with Crippen molar-refractivity contribution in [2.45, 2.75) is 6.10 Å². The number of primary amides is 1. The fourth-order valence-electron chi connectivity index (χ4n) is 2.67. The molecule has 3 rings (SSSR count). The van der Waals surface area contributed by atoms with E-state index in [-0.39, 0.29) is 23.5 Å². The Morgan fingerprint density at radius 3 is 2.50 bits per heavy atom. The van der Waals surface area contributed by atoms with Gasteiger partial charge in [0.15, 0.2) is 6.10 Å². The molecule has 0 saturated heterocycles. The van der Waals surface area contributed by atoms with E-state index in [2.05, 4.69) is 5.32 Å². The molecule has 0 spiro atoms. The third-order valence-corrected chi connectivity index (χ3v) is 5.02. The van der Waals surface area contributed by atoms with Gasteiger partial charge in [0.05, 0.1) is 29.7 Å². The van der Waals surface area contributed by atoms with E-state index in [0.29, 0.717) is 5.69 Å². The predicted octanol–water partition coefficient (Wildman–Crippen LogP) is 0.951. The Morgan fingerprint density at radius 2 is 1.81 bits per heavy atom. The summed E-state index contributed by atoms with van der Waals surface area (Å²) in [4.78, 5) is 24.1. The van der Waals surface area contributed by atoms with E-state index >= 15 is 0 Å². The van der Waals surface area contributed by atoms with Crippen molar-refractivity contribution < 1.29 is 22.7 Å². The van der Waals surface area contributed by atoms with Crippen LogP contribution in [-0.2, 0) is 14.8 Å². The van der Waals surface area contributed by atoms with Crippen LogP contribution in [0.4, 0.5) is 11.4 Å². The third-order valence-electron chi connectivity index (χ3n) is 3.88. The van der Waals surface area contributed by atoms with Crippen LogP contribution in [-0.4, -0.2) is 39.1 Å². The number of carbonyl (C=O) groups excluding carboxylic acids is 2. The van der Waals surface area contributed by atoms with Crippen LogP contribution in [0.3, 0.4) is 0 Å². The second kappa shape index (κ2) is 6.68. The number of para-hydroxylation sites is 3. The predicted molar refractivity (Wildman–Crippen MR) is 96.6 cm³/mol. The van der Waals surface area contributed by atoms with Crippen LogP contribution in [0.15, 0.2) is 48.5 Å². The van der Waals surface area contributed by atoms with Crippen molar-refractivity contribution in [2.24, 2.45) is 5.73 Å². The highest BCUT2D eigenvalue weighted by atomic mass is 32.2. The molecule has 1 heterocycles. The Balaban J connectivity index is 1.89. The standard InChI is InChI=1S/C17H17N3O5S/c1-26(23,24)20-10-15(25-14-9-5-4-8-13(14)20)17(22)19-12-7-3-2-6-11(12)16(18)21/h2-9,15H,10H2,1H3,(H2,18,21)(H,19,22)/t15-/m1/s1. The fraction of sp³-hybridized carbons (Fsp3) is 0.176. The summed E-state index contributed by atoms with van der Waals surface area (Å²) in [5, 5.41) is 2.58. The van der Waals surface area contributed by atoms with E-state index in [1.807, 2.05) is 0 Å². The number of benzene rings is 2. The van der Waals surface area contributed by atoms with E-state index in [1.165, 1.54) is 12.1 Å². The van der Waals surface area contributed by atoms with Crippen molar-refractivity contribution in [3.8, 4) is 5.75 Å². The lowest BCUT2D eigenvalue weighted by atomic mass is 10.1. The molecule has 0 radical (unpaired) electrons. The van der Waals surface area contributed by atoms with Gasteiger partial charge in [0.25, 0.3) is 11.8 Å². The smallest absolute Gasteiger partial charge is 0.267 e. The third kappa shape index (κ3) is 3.47. The number of sulfonamides is 1. The van der Waals surface area contributed by atoms with Gasteiger partial charge in [-0.2, -0.15) is 0 Å². The minimum absolute atomic E-state index is 0.150. The van der Waals surface area contributed by atoms with E-state index < -0.39 is 27.9 Å². The molecule has 0 bridgehead atoms. The highest BCUT2D eigenvalue weighted by molar-refractivity contribution is 7.92. The number of nitrogens with zero attached hydrogens (tertiary/aromatic N) is 1. The Labute approximate surface area is 150 Å². The van der Waals surface area contributed by atoms with Crippen molar-refractivity contribution >= 4 is 33.2 Å². The number of anilines is 2. The molecule has 0 aliphatic carbocycles. The normalized spacial score (nSPS) is 16.3. The van der Waals surface area contributed by atoms with Crippen LogP contribution >= 0.6 is 0 Å². The lowest BCUT2D eigenvalue weighted by molar-refractivity contribution is -0.122. The monoisotopic (exact) mass is 375 g/mol. The van der Waals surface area contributed by atoms with Crippen LogP contribution in [0.5, 0.6) is 5.75 Å². The molecule has 0 saturated carbocycles. The van der Waals surface area contributed by atoms with Crippen molar-refractivity contribution in [2.75, 3.05) is 22.4 Å². The first-order chi connectivity index (χ1) is 12.3. The minimum atomic E-state index is -3.60. The van der Waals surface area contributed by atoms with Gasteiger partial charge in [0.1, 0.15) is 5.75 Å². The number of hydrogen-bond donors (Lipinski definition) is 2. The van der Waals surface area contributed by atoms with Crippen LogP contribution < -0.4 is 20.1 Å². The molecule has 2 amide bonds. The number of ether oxygens (including phenoxy) is 1. The number of nitrogens with two attached hydrogens (primary N) is 1. The summed E-state index contributed by atoms with van der Waals surface area (Å²) in [6, 6.07) is 12.8. The Kier molecular flexibility index (Phi) is 4.56. The largest absolute Gasteiger partial charge is 0.476 e. The second-order valence-corrected chi connectivity index (χ2v) is 7.67. The summed E-state index contributed by atoms with van der Waals surface area (Å²) < 4.78 is 31.0. The number of amides is 2. The Morgan fingerprint density at radius 1 is 1.15 bits per heavy atom. The van der Waals surface area contributed by atoms with Gasteiger partial charge in [-0.1, -0.05) is 24.3 Å². The fourth-order valence-corrected chi connectivity index (χ4v) is 3.59. The molecule has 0 unspecified atom stereocenters. The highest BCUT2D eigenvalue weighted by Gasteiger charge is 2.35. The molecule has 2 aromatic rings. The van der Waals surface area contributed by atoms with Gasteiger partial charge in [0.2, 0.25) is 10.0 Å². The molecule has 3 N–H and O–H groups in total. The van der Waals surface area contributed by atoms with Crippen LogP contribution in [0, 0.1) is 0 Å². The zero-order valence-electron chi connectivity index (χ0n) is 13.9. The van der Waals surface area contributed by atoms with Gasteiger partial charge in [-0.15, -0.1) is 0 Å². The summed E-state index contributed by atoms with van der Waals surface area (Å²) in [6.07, 6.45) is -0.0209. The molecule has 2 aromatic carbocycles. The van der Waals surface area contributed by atoms with Crippen molar-refractivity contribution in [1.29, 1.82) is 0 Å². The van der Waals surface area contributed by atoms with E-state index in [0.717, 1.165) is 10.6 Å². The number of hydrogen-bond acceptors (Lipinski definition) is 5.